The lowest BCUT2D eigenvalue weighted by Gasteiger charge is -2.39. The van der Waals surface area contributed by atoms with Gasteiger partial charge in [0.15, 0.2) is 0 Å². The van der Waals surface area contributed by atoms with Crippen LogP contribution in [0, 0.1) is 11.8 Å². The Morgan fingerprint density at radius 3 is 2.29 bits per heavy atom. The molecule has 0 nitrogen and oxygen atoms in total. The van der Waals surface area contributed by atoms with Gasteiger partial charge in [0.25, 0.3) is 0 Å². The van der Waals surface area contributed by atoms with Gasteiger partial charge >= 0.3 is 0 Å². The Morgan fingerprint density at radius 2 is 1.61 bits per heavy atom. The lowest BCUT2D eigenvalue weighted by molar-refractivity contribution is 0.643. The minimum absolute atomic E-state index is 0.594. The molecule has 2 aliphatic carbocycles. The van der Waals surface area contributed by atoms with Crippen molar-refractivity contribution >= 4 is 8.07 Å². The summed E-state index contributed by atoms with van der Waals surface area (Å²) in [7, 11) is -1.54. The molecule has 0 saturated heterocycles. The van der Waals surface area contributed by atoms with Gasteiger partial charge in [-0.25, -0.2) is 0 Å². The van der Waals surface area contributed by atoms with Crippen LogP contribution >= 0.6 is 0 Å². The first-order chi connectivity index (χ1) is 14.9. The summed E-state index contributed by atoms with van der Waals surface area (Å²) in [4.78, 5) is 0. The van der Waals surface area contributed by atoms with Gasteiger partial charge < -0.3 is 0 Å². The molecule has 0 N–H and O–H groups in total. The third-order valence-corrected chi connectivity index (χ3v) is 13.1. The van der Waals surface area contributed by atoms with Gasteiger partial charge in [-0.05, 0) is 70.5 Å². The van der Waals surface area contributed by atoms with E-state index >= 15 is 0 Å². The van der Waals surface area contributed by atoms with Gasteiger partial charge in [-0.2, -0.15) is 0 Å². The van der Waals surface area contributed by atoms with Gasteiger partial charge in [0.2, 0.25) is 0 Å². The van der Waals surface area contributed by atoms with Gasteiger partial charge in [0, 0.05) is 5.92 Å². The normalized spacial score (nSPS) is 25.0. The van der Waals surface area contributed by atoms with Crippen LogP contribution < -0.4 is 0 Å². The maximum absolute atomic E-state index is 2.70. The second kappa shape index (κ2) is 9.33. The van der Waals surface area contributed by atoms with Crippen LogP contribution in [-0.4, -0.2) is 8.07 Å². The van der Waals surface area contributed by atoms with E-state index in [1.807, 2.05) is 0 Å². The Hall–Kier alpha value is -1.86. The summed E-state index contributed by atoms with van der Waals surface area (Å²) in [5, 5.41) is 0. The smallest absolute Gasteiger partial charge is 0.0630 e. The van der Waals surface area contributed by atoms with Crippen LogP contribution in [0.3, 0.4) is 0 Å². The van der Waals surface area contributed by atoms with E-state index in [0.29, 0.717) is 17.8 Å². The van der Waals surface area contributed by atoms with E-state index in [2.05, 4.69) is 101 Å². The van der Waals surface area contributed by atoms with E-state index < -0.39 is 8.07 Å². The Balaban J connectivity index is 1.65. The topological polar surface area (TPSA) is 0 Å². The van der Waals surface area contributed by atoms with Gasteiger partial charge in [-0.1, -0.05) is 107 Å². The van der Waals surface area contributed by atoms with E-state index in [0.717, 1.165) is 5.54 Å². The molecule has 0 aromatic heterocycles. The maximum Gasteiger partial charge on any atom is 0.0630 e. The monoisotopic (exact) mass is 428 g/mol. The molecule has 0 aliphatic heterocycles. The fourth-order valence-electron chi connectivity index (χ4n) is 6.36. The van der Waals surface area contributed by atoms with Crippen molar-refractivity contribution in [2.75, 3.05) is 0 Å². The molecule has 2 aliphatic rings. The summed E-state index contributed by atoms with van der Waals surface area (Å²) in [6.07, 6.45) is 8.98. The van der Waals surface area contributed by atoms with Crippen molar-refractivity contribution in [3.63, 3.8) is 0 Å². The molecule has 4 unspecified atom stereocenters. The molecule has 4 rings (SSSR count). The first-order valence-corrected chi connectivity index (χ1v) is 15.5. The van der Waals surface area contributed by atoms with Gasteiger partial charge in [-0.3, -0.25) is 0 Å². The molecule has 1 heteroatoms. The third-order valence-electron chi connectivity index (χ3n) is 7.93. The maximum atomic E-state index is 2.70. The Morgan fingerprint density at radius 1 is 0.935 bits per heavy atom. The van der Waals surface area contributed by atoms with Crippen molar-refractivity contribution in [1.82, 2.24) is 0 Å². The van der Waals surface area contributed by atoms with Crippen LogP contribution in [0.2, 0.25) is 18.1 Å². The van der Waals surface area contributed by atoms with Crippen molar-refractivity contribution in [2.45, 2.75) is 77.1 Å². The summed E-state index contributed by atoms with van der Waals surface area (Å²) in [6, 6.07) is 23.2. The van der Waals surface area contributed by atoms with Crippen LogP contribution in [0.4, 0.5) is 0 Å². The predicted molar refractivity (Wildman–Crippen MR) is 138 cm³/mol. The van der Waals surface area contributed by atoms with Gasteiger partial charge in [0.05, 0.1) is 8.07 Å². The zero-order chi connectivity index (χ0) is 22.0. The zero-order valence-corrected chi connectivity index (χ0v) is 21.2. The average Bonchev–Trinajstić information content (AvgIpc) is 3.12. The number of fused-ring (bicyclic) bond motifs is 1. The Bertz CT molecular complexity index is 951. The standard InChI is InChI=1S/C30H40Si/c1-6-31(5,21-26-16-11-10-15-25(26)19-22(2)3)30-23(4)20-29-27(17-12-18-28(29)30)24-13-8-7-9-14-24/h7-11,13-16,18,20,22-23,27,30H,6,12,17,19,21H2,1-5H3. The number of benzene rings is 2. The SMILES string of the molecule is CC[Si](C)(Cc1ccccc1CC(C)C)C1C2=CCCC(c3ccccc3)C2=CC1C. The van der Waals surface area contributed by atoms with E-state index in [-0.39, 0.29) is 0 Å². The highest BCUT2D eigenvalue weighted by atomic mass is 28.3. The minimum atomic E-state index is -1.54. The number of hydrogen-bond donors (Lipinski definition) is 0. The molecule has 4 atom stereocenters. The Kier molecular flexibility index (Phi) is 6.72. The molecule has 164 valence electrons. The van der Waals surface area contributed by atoms with Gasteiger partial charge in [-0.15, -0.1) is 0 Å². The summed E-state index contributed by atoms with van der Waals surface area (Å²) in [5.74, 6) is 1.97. The third kappa shape index (κ3) is 4.53. The highest BCUT2D eigenvalue weighted by molar-refractivity contribution is 6.80. The number of hydrogen-bond acceptors (Lipinski definition) is 0. The molecule has 0 fully saturated rings. The lowest BCUT2D eigenvalue weighted by atomic mass is 9.80. The first-order valence-electron chi connectivity index (χ1n) is 12.5. The zero-order valence-electron chi connectivity index (χ0n) is 20.2. The highest BCUT2D eigenvalue weighted by Crippen LogP contribution is 2.55. The fraction of sp³-hybridized carbons (Fsp3) is 0.467. The second-order valence-electron chi connectivity index (χ2n) is 10.7. The molecule has 0 spiro atoms. The Labute approximate surface area is 191 Å². The van der Waals surface area contributed by atoms with Crippen LogP contribution in [0.25, 0.3) is 0 Å². The van der Waals surface area contributed by atoms with E-state index in [4.69, 9.17) is 0 Å². The highest BCUT2D eigenvalue weighted by Gasteiger charge is 2.46. The number of allylic oxidation sites excluding steroid dienone is 4. The van der Waals surface area contributed by atoms with Crippen LogP contribution in [0.1, 0.15) is 63.1 Å². The summed E-state index contributed by atoms with van der Waals surface area (Å²) < 4.78 is 0. The molecular weight excluding hydrogens is 388 g/mol. The van der Waals surface area contributed by atoms with Gasteiger partial charge in [0.1, 0.15) is 0 Å². The molecule has 0 heterocycles. The largest absolute Gasteiger partial charge is 0.0810 e. The van der Waals surface area contributed by atoms with Crippen molar-refractivity contribution in [3.8, 4) is 0 Å². The molecule has 0 bridgehead atoms. The average molecular weight is 429 g/mol. The second-order valence-corrected chi connectivity index (χ2v) is 15.7. The first kappa shape index (κ1) is 22.3. The molecule has 0 saturated carbocycles. The molecule has 31 heavy (non-hydrogen) atoms. The fourth-order valence-corrected chi connectivity index (χ4v) is 10.9. The summed E-state index contributed by atoms with van der Waals surface area (Å²) >= 11 is 0. The van der Waals surface area contributed by atoms with E-state index in [9.17, 15) is 0 Å². The van der Waals surface area contributed by atoms with Crippen LogP contribution in [0.15, 0.2) is 77.9 Å². The minimum Gasteiger partial charge on any atom is -0.0810 e. The molecule has 0 amide bonds. The molecule has 2 aromatic carbocycles. The quantitative estimate of drug-likeness (QED) is 0.388. The predicted octanol–water partition coefficient (Wildman–Crippen LogP) is 8.52. The number of rotatable bonds is 7. The van der Waals surface area contributed by atoms with Crippen molar-refractivity contribution in [1.29, 1.82) is 0 Å². The summed E-state index contributed by atoms with van der Waals surface area (Å²) in [5.41, 5.74) is 8.87. The summed E-state index contributed by atoms with van der Waals surface area (Å²) in [6.45, 7) is 12.4. The lowest BCUT2D eigenvalue weighted by Crippen LogP contribution is -2.41. The van der Waals surface area contributed by atoms with E-state index in [1.54, 1.807) is 22.3 Å². The van der Waals surface area contributed by atoms with Crippen LogP contribution in [0.5, 0.6) is 0 Å². The molecule has 0 radical (unpaired) electrons. The van der Waals surface area contributed by atoms with Crippen molar-refractivity contribution in [3.05, 3.63) is 94.6 Å². The van der Waals surface area contributed by atoms with Crippen molar-refractivity contribution < 1.29 is 0 Å². The molecular formula is C30H40Si. The van der Waals surface area contributed by atoms with E-state index in [1.165, 1.54) is 36.9 Å². The van der Waals surface area contributed by atoms with Crippen molar-refractivity contribution in [2.24, 2.45) is 11.8 Å². The van der Waals surface area contributed by atoms with Crippen LogP contribution in [-0.2, 0) is 12.5 Å². The molecule has 2 aromatic rings.